The predicted octanol–water partition coefficient (Wildman–Crippen LogP) is 3.07. The summed E-state index contributed by atoms with van der Waals surface area (Å²) in [4.78, 5) is 11.6. The fourth-order valence-corrected chi connectivity index (χ4v) is 3.67. The van der Waals surface area contributed by atoms with Crippen molar-refractivity contribution >= 4 is 11.8 Å². The van der Waals surface area contributed by atoms with Crippen LogP contribution in [0.15, 0.2) is 23.3 Å². The first-order valence-corrected chi connectivity index (χ1v) is 10.5. The van der Waals surface area contributed by atoms with E-state index < -0.39 is 5.60 Å². The van der Waals surface area contributed by atoms with Gasteiger partial charge in [0.25, 0.3) is 0 Å². The Balaban J connectivity index is 1.99. The second-order valence-electron chi connectivity index (χ2n) is 7.49. The van der Waals surface area contributed by atoms with Crippen molar-refractivity contribution in [2.75, 3.05) is 31.1 Å². The number of anilines is 1. The van der Waals surface area contributed by atoms with E-state index in [0.717, 1.165) is 62.7 Å². The summed E-state index contributed by atoms with van der Waals surface area (Å²) in [6.45, 7) is 10.4. The molecule has 1 aromatic heterocycles. The average molecular weight is 376 g/mol. The predicted molar refractivity (Wildman–Crippen MR) is 113 cm³/mol. The molecule has 0 atom stereocenters. The van der Waals surface area contributed by atoms with Crippen LogP contribution in [0.4, 0.5) is 5.82 Å². The van der Waals surface area contributed by atoms with E-state index in [1.807, 2.05) is 12.3 Å². The highest BCUT2D eigenvalue weighted by Gasteiger charge is 2.24. The van der Waals surface area contributed by atoms with E-state index in [0.29, 0.717) is 13.1 Å². The van der Waals surface area contributed by atoms with Gasteiger partial charge in [-0.1, -0.05) is 26.7 Å². The molecule has 6 nitrogen and oxygen atoms in total. The van der Waals surface area contributed by atoms with Crippen molar-refractivity contribution in [1.29, 1.82) is 0 Å². The lowest BCUT2D eigenvalue weighted by atomic mass is 9.93. The first kappa shape index (κ1) is 21.5. The fraction of sp³-hybridized carbons (Fsp3) is 0.714. The SMILES string of the molecule is CCCC(O)(CCC)CNC(=NCc1ccnc(N2CCCC2)c1)NCC. The molecule has 0 unspecified atom stereocenters. The van der Waals surface area contributed by atoms with Crippen LogP contribution < -0.4 is 15.5 Å². The van der Waals surface area contributed by atoms with Crippen molar-refractivity contribution in [3.63, 3.8) is 0 Å². The van der Waals surface area contributed by atoms with Gasteiger partial charge in [-0.15, -0.1) is 0 Å². The lowest BCUT2D eigenvalue weighted by Crippen LogP contribution is -2.47. The standard InChI is InChI=1S/C21H37N5O/c1-4-10-21(27,11-5-2)17-25-20(22-6-3)24-16-18-9-12-23-19(15-18)26-13-7-8-14-26/h9,12,15,27H,4-8,10-11,13-14,16-17H2,1-3H3,(H2,22,24,25). The molecular weight excluding hydrogens is 338 g/mol. The van der Waals surface area contributed by atoms with Gasteiger partial charge in [0.15, 0.2) is 5.96 Å². The van der Waals surface area contributed by atoms with Crippen molar-refractivity contribution in [2.24, 2.45) is 4.99 Å². The zero-order chi connectivity index (χ0) is 19.5. The summed E-state index contributed by atoms with van der Waals surface area (Å²) in [6.07, 6.45) is 7.92. The number of hydrogen-bond acceptors (Lipinski definition) is 4. The molecule has 0 amide bonds. The zero-order valence-electron chi connectivity index (χ0n) is 17.3. The summed E-state index contributed by atoms with van der Waals surface area (Å²) in [5.41, 5.74) is 0.487. The minimum absolute atomic E-state index is 0.524. The quantitative estimate of drug-likeness (QED) is 0.433. The third kappa shape index (κ3) is 7.01. The number of nitrogens with zero attached hydrogens (tertiary/aromatic N) is 3. The van der Waals surface area contributed by atoms with E-state index in [9.17, 15) is 5.11 Å². The van der Waals surface area contributed by atoms with Gasteiger partial charge >= 0.3 is 0 Å². The second kappa shape index (κ2) is 11.1. The maximum atomic E-state index is 10.8. The molecule has 1 saturated heterocycles. The van der Waals surface area contributed by atoms with E-state index in [1.165, 1.54) is 12.8 Å². The van der Waals surface area contributed by atoms with Crippen molar-refractivity contribution < 1.29 is 5.11 Å². The number of guanidine groups is 1. The van der Waals surface area contributed by atoms with Crippen LogP contribution >= 0.6 is 0 Å². The minimum atomic E-state index is -0.667. The number of rotatable bonds is 10. The van der Waals surface area contributed by atoms with Crippen molar-refractivity contribution in [3.05, 3.63) is 23.9 Å². The Morgan fingerprint density at radius 1 is 1.19 bits per heavy atom. The summed E-state index contributed by atoms with van der Waals surface area (Å²) in [5, 5.41) is 17.4. The molecule has 0 aromatic carbocycles. The Labute approximate surface area is 164 Å². The molecule has 0 aliphatic carbocycles. The van der Waals surface area contributed by atoms with Gasteiger partial charge in [0.1, 0.15) is 5.82 Å². The van der Waals surface area contributed by atoms with Crippen molar-refractivity contribution in [2.45, 2.75) is 71.4 Å². The van der Waals surface area contributed by atoms with Gasteiger partial charge < -0.3 is 20.6 Å². The summed E-state index contributed by atoms with van der Waals surface area (Å²) in [7, 11) is 0. The Morgan fingerprint density at radius 2 is 1.89 bits per heavy atom. The van der Waals surface area contributed by atoms with E-state index >= 15 is 0 Å². The molecule has 2 rings (SSSR count). The third-order valence-corrected chi connectivity index (χ3v) is 5.02. The third-order valence-electron chi connectivity index (χ3n) is 5.02. The molecule has 152 valence electrons. The van der Waals surface area contributed by atoms with Gasteiger partial charge in [-0.05, 0) is 50.3 Å². The molecule has 0 saturated carbocycles. The number of nitrogens with one attached hydrogen (secondary N) is 2. The van der Waals surface area contributed by atoms with Crippen LogP contribution in [-0.4, -0.2) is 47.8 Å². The Bertz CT molecular complexity index is 578. The molecule has 0 radical (unpaired) electrons. The van der Waals surface area contributed by atoms with E-state index in [4.69, 9.17) is 4.99 Å². The highest BCUT2D eigenvalue weighted by molar-refractivity contribution is 5.79. The molecular formula is C21H37N5O. The van der Waals surface area contributed by atoms with Crippen LogP contribution in [0.25, 0.3) is 0 Å². The van der Waals surface area contributed by atoms with Crippen molar-refractivity contribution in [3.8, 4) is 0 Å². The lowest BCUT2D eigenvalue weighted by molar-refractivity contribution is 0.0257. The summed E-state index contributed by atoms with van der Waals surface area (Å²) in [5.74, 6) is 1.81. The number of aliphatic imine (C=N–C) groups is 1. The van der Waals surface area contributed by atoms with E-state index in [1.54, 1.807) is 0 Å². The largest absolute Gasteiger partial charge is 0.388 e. The summed E-state index contributed by atoms with van der Waals surface area (Å²) in [6, 6.07) is 4.17. The first-order chi connectivity index (χ1) is 13.1. The Hall–Kier alpha value is -1.82. The fourth-order valence-electron chi connectivity index (χ4n) is 3.67. The van der Waals surface area contributed by atoms with Crippen LogP contribution in [0.1, 0.15) is 64.9 Å². The normalized spacial score (nSPS) is 15.3. The molecule has 2 heterocycles. The lowest BCUT2D eigenvalue weighted by Gasteiger charge is -2.28. The maximum Gasteiger partial charge on any atom is 0.191 e. The van der Waals surface area contributed by atoms with E-state index in [2.05, 4.69) is 47.4 Å². The van der Waals surface area contributed by atoms with Crippen molar-refractivity contribution in [1.82, 2.24) is 15.6 Å². The van der Waals surface area contributed by atoms with Crippen LogP contribution in [0, 0.1) is 0 Å². The van der Waals surface area contributed by atoms with Crippen LogP contribution in [-0.2, 0) is 6.54 Å². The highest BCUT2D eigenvalue weighted by Crippen LogP contribution is 2.19. The van der Waals surface area contributed by atoms with Crippen LogP contribution in [0.2, 0.25) is 0 Å². The molecule has 6 heteroatoms. The number of aliphatic hydroxyl groups is 1. The topological polar surface area (TPSA) is 72.8 Å². The van der Waals surface area contributed by atoms with Gasteiger partial charge in [0.05, 0.1) is 12.1 Å². The van der Waals surface area contributed by atoms with Gasteiger partial charge in [-0.2, -0.15) is 0 Å². The number of hydrogen-bond donors (Lipinski definition) is 3. The number of pyridine rings is 1. The molecule has 0 bridgehead atoms. The van der Waals surface area contributed by atoms with Crippen LogP contribution in [0.3, 0.4) is 0 Å². The Kier molecular flexibility index (Phi) is 8.85. The second-order valence-corrected chi connectivity index (χ2v) is 7.49. The maximum absolute atomic E-state index is 10.8. The summed E-state index contributed by atoms with van der Waals surface area (Å²) >= 11 is 0. The highest BCUT2D eigenvalue weighted by atomic mass is 16.3. The van der Waals surface area contributed by atoms with Gasteiger partial charge in [0, 0.05) is 32.4 Å². The molecule has 3 N–H and O–H groups in total. The molecule has 1 aliphatic rings. The summed E-state index contributed by atoms with van der Waals surface area (Å²) < 4.78 is 0. The molecule has 1 fully saturated rings. The van der Waals surface area contributed by atoms with Gasteiger partial charge in [-0.25, -0.2) is 9.98 Å². The average Bonchev–Trinajstić information content (AvgIpc) is 3.19. The smallest absolute Gasteiger partial charge is 0.191 e. The van der Waals surface area contributed by atoms with E-state index in [-0.39, 0.29) is 0 Å². The molecule has 1 aromatic rings. The monoisotopic (exact) mass is 375 g/mol. The molecule has 1 aliphatic heterocycles. The van der Waals surface area contributed by atoms with Crippen LogP contribution in [0.5, 0.6) is 0 Å². The molecule has 0 spiro atoms. The first-order valence-electron chi connectivity index (χ1n) is 10.5. The zero-order valence-corrected chi connectivity index (χ0v) is 17.3. The minimum Gasteiger partial charge on any atom is -0.388 e. The Morgan fingerprint density at radius 3 is 2.52 bits per heavy atom. The number of aromatic nitrogens is 1. The molecule has 27 heavy (non-hydrogen) atoms. The van der Waals surface area contributed by atoms with Gasteiger partial charge in [0.2, 0.25) is 0 Å². The van der Waals surface area contributed by atoms with Gasteiger partial charge in [-0.3, -0.25) is 0 Å².